The summed E-state index contributed by atoms with van der Waals surface area (Å²) in [5.41, 5.74) is -0.555. The van der Waals surface area contributed by atoms with Crippen LogP contribution in [0, 0.1) is 0 Å². The van der Waals surface area contributed by atoms with Crippen LogP contribution in [0.4, 0.5) is 4.79 Å². The van der Waals surface area contributed by atoms with Gasteiger partial charge < -0.3 is 24.5 Å². The number of hydrogen-bond donors (Lipinski definition) is 2. The van der Waals surface area contributed by atoms with Crippen LogP contribution in [0.2, 0.25) is 0 Å². The van der Waals surface area contributed by atoms with Crippen LogP contribution in [-0.2, 0) is 14.3 Å². The smallest absolute Gasteiger partial charge is 0.351 e. The lowest BCUT2D eigenvalue weighted by atomic mass is 10.0. The molecule has 1 aliphatic rings. The van der Waals surface area contributed by atoms with E-state index < -0.39 is 36.2 Å². The van der Waals surface area contributed by atoms with Gasteiger partial charge in [0.2, 0.25) is 0 Å². The van der Waals surface area contributed by atoms with E-state index in [0.29, 0.717) is 11.0 Å². The fraction of sp³-hybridized carbons (Fsp3) is 0.263. The molecule has 1 atom stereocenters. The molecule has 0 bridgehead atoms. The van der Waals surface area contributed by atoms with Crippen molar-refractivity contribution in [3.05, 3.63) is 57.6 Å². The summed E-state index contributed by atoms with van der Waals surface area (Å²) in [7, 11) is 0. The van der Waals surface area contributed by atoms with Crippen LogP contribution in [-0.4, -0.2) is 37.2 Å². The van der Waals surface area contributed by atoms with Crippen molar-refractivity contribution >= 4 is 28.9 Å². The maximum atomic E-state index is 12.4. The van der Waals surface area contributed by atoms with E-state index in [1.54, 1.807) is 38.1 Å². The number of amides is 2. The number of hydrogen-bond acceptors (Lipinski definition) is 7. The van der Waals surface area contributed by atoms with Crippen LogP contribution < -0.4 is 16.3 Å². The molecule has 9 nitrogen and oxygen atoms in total. The fourth-order valence-corrected chi connectivity index (χ4v) is 2.81. The number of benzene rings is 1. The van der Waals surface area contributed by atoms with E-state index in [4.69, 9.17) is 13.9 Å². The molecule has 2 aromatic rings. The number of fused-ring (bicyclic) bond motifs is 1. The summed E-state index contributed by atoms with van der Waals surface area (Å²) >= 11 is 0. The number of rotatable bonds is 5. The van der Waals surface area contributed by atoms with Crippen molar-refractivity contribution in [2.75, 3.05) is 13.2 Å². The molecule has 1 aromatic heterocycles. The van der Waals surface area contributed by atoms with Crippen molar-refractivity contribution in [2.45, 2.75) is 19.9 Å². The maximum Gasteiger partial charge on any atom is 0.351 e. The Labute approximate surface area is 159 Å². The van der Waals surface area contributed by atoms with Gasteiger partial charge in [-0.15, -0.1) is 0 Å². The lowest BCUT2D eigenvalue weighted by molar-refractivity contribution is -0.139. The third-order valence-electron chi connectivity index (χ3n) is 4.07. The SMILES string of the molecule is CCOC(=O)C1=C(COC(=O)c2cc3ccccc3oc2=O)NC(=O)N[C@@H]1C. The van der Waals surface area contributed by atoms with Gasteiger partial charge in [0.25, 0.3) is 0 Å². The Morgan fingerprint density at radius 1 is 1.14 bits per heavy atom. The van der Waals surface area contributed by atoms with Crippen LogP contribution in [0.5, 0.6) is 0 Å². The zero-order valence-corrected chi connectivity index (χ0v) is 15.2. The van der Waals surface area contributed by atoms with E-state index in [-0.39, 0.29) is 23.4 Å². The summed E-state index contributed by atoms with van der Waals surface area (Å²) in [5.74, 6) is -1.57. The molecule has 2 amide bonds. The molecule has 0 unspecified atom stereocenters. The molecule has 0 fully saturated rings. The molecule has 1 aliphatic heterocycles. The predicted octanol–water partition coefficient (Wildman–Crippen LogP) is 1.47. The Morgan fingerprint density at radius 2 is 1.89 bits per heavy atom. The number of para-hydroxylation sites is 1. The van der Waals surface area contributed by atoms with E-state index in [2.05, 4.69) is 10.6 Å². The molecule has 0 saturated carbocycles. The lowest BCUT2D eigenvalue weighted by Crippen LogP contribution is -2.50. The monoisotopic (exact) mass is 386 g/mol. The van der Waals surface area contributed by atoms with E-state index in [9.17, 15) is 19.2 Å². The first-order chi connectivity index (χ1) is 13.4. The number of esters is 2. The van der Waals surface area contributed by atoms with Crippen molar-refractivity contribution in [2.24, 2.45) is 0 Å². The Hall–Kier alpha value is -3.62. The topological polar surface area (TPSA) is 124 Å². The largest absolute Gasteiger partial charge is 0.463 e. The molecule has 9 heteroatoms. The summed E-state index contributed by atoms with van der Waals surface area (Å²) in [6.07, 6.45) is 0. The third-order valence-corrected chi connectivity index (χ3v) is 4.07. The van der Waals surface area contributed by atoms with Crippen molar-refractivity contribution in [3.8, 4) is 0 Å². The second kappa shape index (κ2) is 7.95. The minimum absolute atomic E-state index is 0.0910. The van der Waals surface area contributed by atoms with Crippen molar-refractivity contribution in [1.82, 2.24) is 10.6 Å². The van der Waals surface area contributed by atoms with E-state index in [1.165, 1.54) is 6.07 Å². The molecule has 0 spiro atoms. The van der Waals surface area contributed by atoms with E-state index in [0.717, 1.165) is 0 Å². The molecule has 1 aromatic carbocycles. The molecular weight excluding hydrogens is 368 g/mol. The fourth-order valence-electron chi connectivity index (χ4n) is 2.81. The van der Waals surface area contributed by atoms with Gasteiger partial charge in [0.15, 0.2) is 0 Å². The highest BCUT2D eigenvalue weighted by molar-refractivity contribution is 5.95. The summed E-state index contributed by atoms with van der Waals surface area (Å²) in [4.78, 5) is 48.3. The second-order valence-electron chi connectivity index (χ2n) is 5.99. The van der Waals surface area contributed by atoms with Crippen molar-refractivity contribution < 1.29 is 28.3 Å². The van der Waals surface area contributed by atoms with Crippen LogP contribution >= 0.6 is 0 Å². The van der Waals surface area contributed by atoms with Crippen molar-refractivity contribution in [1.29, 1.82) is 0 Å². The van der Waals surface area contributed by atoms with Gasteiger partial charge in [-0.2, -0.15) is 0 Å². The lowest BCUT2D eigenvalue weighted by Gasteiger charge is -2.26. The third kappa shape index (κ3) is 3.88. The van der Waals surface area contributed by atoms with Gasteiger partial charge in [0.1, 0.15) is 17.8 Å². The Kier molecular flexibility index (Phi) is 5.44. The molecule has 146 valence electrons. The minimum atomic E-state index is -0.935. The second-order valence-corrected chi connectivity index (χ2v) is 5.99. The quantitative estimate of drug-likeness (QED) is 0.589. The first-order valence-electron chi connectivity index (χ1n) is 8.58. The number of ether oxygens (including phenoxy) is 2. The maximum absolute atomic E-state index is 12.4. The van der Waals surface area contributed by atoms with Gasteiger partial charge in [-0.3, -0.25) is 0 Å². The predicted molar refractivity (Wildman–Crippen MR) is 97.6 cm³/mol. The van der Waals surface area contributed by atoms with Crippen molar-refractivity contribution in [3.63, 3.8) is 0 Å². The highest BCUT2D eigenvalue weighted by atomic mass is 16.5. The minimum Gasteiger partial charge on any atom is -0.463 e. The standard InChI is InChI=1S/C19H18N2O7/c1-3-26-18(24)15-10(2)20-19(25)21-13(15)9-27-16(22)12-8-11-6-4-5-7-14(11)28-17(12)23/h4-8,10H,3,9H2,1-2H3,(H2,20,21,25)/t10-/m1/s1. The van der Waals surface area contributed by atoms with Crippen LogP contribution in [0.3, 0.4) is 0 Å². The Morgan fingerprint density at radius 3 is 2.64 bits per heavy atom. The summed E-state index contributed by atoms with van der Waals surface area (Å²) in [6.45, 7) is 2.98. The molecule has 2 N–H and O–H groups in total. The molecule has 0 saturated heterocycles. The Bertz CT molecular complexity index is 1040. The van der Waals surface area contributed by atoms with Gasteiger partial charge in [-0.25, -0.2) is 19.2 Å². The van der Waals surface area contributed by atoms with E-state index in [1.807, 2.05) is 0 Å². The zero-order chi connectivity index (χ0) is 20.3. The first-order valence-corrected chi connectivity index (χ1v) is 8.58. The van der Waals surface area contributed by atoms with Gasteiger partial charge >= 0.3 is 23.6 Å². The van der Waals surface area contributed by atoms with Crippen LogP contribution in [0.25, 0.3) is 11.0 Å². The molecule has 0 radical (unpaired) electrons. The number of carbonyl (C=O) groups is 3. The molecule has 3 rings (SSSR count). The summed E-state index contributed by atoms with van der Waals surface area (Å²) in [6, 6.07) is 6.92. The van der Waals surface area contributed by atoms with Gasteiger partial charge in [0, 0.05) is 5.39 Å². The van der Waals surface area contributed by atoms with E-state index >= 15 is 0 Å². The normalized spacial score (nSPS) is 16.4. The zero-order valence-electron chi connectivity index (χ0n) is 15.2. The summed E-state index contributed by atoms with van der Waals surface area (Å²) in [5, 5.41) is 5.53. The number of urea groups is 1. The highest BCUT2D eigenvalue weighted by Gasteiger charge is 2.30. The van der Waals surface area contributed by atoms with Gasteiger partial charge in [-0.1, -0.05) is 18.2 Å². The molecule has 2 heterocycles. The number of nitrogens with one attached hydrogen (secondary N) is 2. The summed E-state index contributed by atoms with van der Waals surface area (Å²) < 4.78 is 15.2. The van der Waals surface area contributed by atoms with Crippen LogP contribution in [0.15, 0.2) is 50.8 Å². The highest BCUT2D eigenvalue weighted by Crippen LogP contribution is 2.16. The van der Waals surface area contributed by atoms with Crippen LogP contribution in [0.1, 0.15) is 24.2 Å². The first kappa shape index (κ1) is 19.2. The molecule has 28 heavy (non-hydrogen) atoms. The number of carbonyl (C=O) groups excluding carboxylic acids is 3. The average molecular weight is 386 g/mol. The molecular formula is C19H18N2O7. The van der Waals surface area contributed by atoms with Gasteiger partial charge in [-0.05, 0) is 26.0 Å². The average Bonchev–Trinajstić information content (AvgIpc) is 2.65. The van der Waals surface area contributed by atoms with Gasteiger partial charge in [0.05, 0.1) is 23.9 Å². The Balaban J connectivity index is 1.85. The molecule has 0 aliphatic carbocycles.